The SMILES string of the molecule is CC(C)(O)C(C)(C)OCCO.O=P(O)(O)O.O=P(O)(O)O. The molecule has 0 amide bonds. The van der Waals surface area contributed by atoms with Gasteiger partial charge in [0.25, 0.3) is 0 Å². The molecule has 0 rings (SSSR count). The van der Waals surface area contributed by atoms with E-state index in [1.807, 2.05) is 0 Å². The van der Waals surface area contributed by atoms with Gasteiger partial charge in [-0.3, -0.25) is 0 Å². The molecule has 0 atom stereocenters. The Labute approximate surface area is 122 Å². The number of rotatable bonds is 4. The van der Waals surface area contributed by atoms with Crippen LogP contribution in [0, 0.1) is 0 Å². The summed E-state index contributed by atoms with van der Waals surface area (Å²) in [7, 11) is -9.28. The lowest BCUT2D eigenvalue weighted by Crippen LogP contribution is -2.47. The Morgan fingerprint density at radius 2 is 1.10 bits per heavy atom. The van der Waals surface area contributed by atoms with Crippen molar-refractivity contribution in [1.82, 2.24) is 0 Å². The van der Waals surface area contributed by atoms with Crippen LogP contribution in [0.5, 0.6) is 0 Å². The molecule has 0 saturated heterocycles. The predicted octanol–water partition coefficient (Wildman–Crippen LogP) is -1.31. The number of ether oxygens (including phenoxy) is 1. The van der Waals surface area contributed by atoms with E-state index in [1.54, 1.807) is 27.7 Å². The van der Waals surface area contributed by atoms with Crippen LogP contribution in [0.25, 0.3) is 0 Å². The van der Waals surface area contributed by atoms with Gasteiger partial charge in [0.1, 0.15) is 0 Å². The normalized spacial score (nSPS) is 12.8. The van der Waals surface area contributed by atoms with Crippen LogP contribution in [0.4, 0.5) is 0 Å². The molecule has 0 bridgehead atoms. The van der Waals surface area contributed by atoms with Crippen LogP contribution in [0.3, 0.4) is 0 Å². The molecule has 0 aliphatic carbocycles. The van der Waals surface area contributed by atoms with Gasteiger partial charge in [0.15, 0.2) is 0 Å². The first-order valence-corrected chi connectivity index (χ1v) is 8.48. The highest BCUT2D eigenvalue weighted by Crippen LogP contribution is 2.26. The maximum Gasteiger partial charge on any atom is 0.466 e. The molecule has 0 saturated carbocycles. The van der Waals surface area contributed by atoms with Crippen molar-refractivity contribution in [3.8, 4) is 0 Å². The summed E-state index contributed by atoms with van der Waals surface area (Å²) in [5.74, 6) is 0. The zero-order chi connectivity index (χ0) is 18.1. The second-order valence-electron chi connectivity index (χ2n) is 4.67. The zero-order valence-corrected chi connectivity index (χ0v) is 13.9. The lowest BCUT2D eigenvalue weighted by molar-refractivity contribution is -0.151. The third kappa shape index (κ3) is 33.1. The van der Waals surface area contributed by atoms with Crippen molar-refractivity contribution < 1.29 is 53.4 Å². The van der Waals surface area contributed by atoms with Gasteiger partial charge in [0, 0.05) is 0 Å². The van der Waals surface area contributed by atoms with Crippen molar-refractivity contribution in [3.63, 3.8) is 0 Å². The van der Waals surface area contributed by atoms with Gasteiger partial charge in [-0.05, 0) is 27.7 Å². The minimum absolute atomic E-state index is 0.0144. The number of aliphatic hydroxyl groups excluding tert-OH is 1. The molecule has 0 aromatic carbocycles. The molecule has 0 radical (unpaired) electrons. The van der Waals surface area contributed by atoms with Gasteiger partial charge in [0.2, 0.25) is 0 Å². The van der Waals surface area contributed by atoms with Gasteiger partial charge in [0.05, 0.1) is 24.4 Å². The van der Waals surface area contributed by atoms with Crippen LogP contribution < -0.4 is 0 Å². The standard InChI is InChI=1S/C8H18O3.2H3O4P/c1-7(2,10)8(3,4)11-6-5-9;2*1-5(2,3)4/h9-10H,5-6H2,1-4H3;2*(H3,1,2,3,4). The fraction of sp³-hybridized carbons (Fsp3) is 1.00. The largest absolute Gasteiger partial charge is 0.466 e. The number of hydrogen-bond acceptors (Lipinski definition) is 5. The molecule has 21 heavy (non-hydrogen) atoms. The Kier molecular flexibility index (Phi) is 12.4. The van der Waals surface area contributed by atoms with E-state index in [9.17, 15) is 5.11 Å². The van der Waals surface area contributed by atoms with Crippen LogP contribution in [0.15, 0.2) is 0 Å². The van der Waals surface area contributed by atoms with Crippen LogP contribution >= 0.6 is 15.6 Å². The molecule has 132 valence electrons. The van der Waals surface area contributed by atoms with Crippen molar-refractivity contribution in [2.45, 2.75) is 38.9 Å². The molecule has 0 aromatic rings. The van der Waals surface area contributed by atoms with Gasteiger partial charge in [-0.2, -0.15) is 0 Å². The number of aliphatic hydroxyl groups is 2. The summed E-state index contributed by atoms with van der Waals surface area (Å²) in [6, 6.07) is 0. The zero-order valence-electron chi connectivity index (χ0n) is 12.1. The van der Waals surface area contributed by atoms with E-state index in [-0.39, 0.29) is 13.2 Å². The van der Waals surface area contributed by atoms with Crippen molar-refractivity contribution in [3.05, 3.63) is 0 Å². The van der Waals surface area contributed by atoms with Gasteiger partial charge < -0.3 is 44.3 Å². The highest BCUT2D eigenvalue weighted by atomic mass is 31.2. The smallest absolute Gasteiger partial charge is 0.394 e. The Bertz CT molecular complexity index is 313. The maximum absolute atomic E-state index is 9.57. The van der Waals surface area contributed by atoms with E-state index in [0.29, 0.717) is 0 Å². The maximum atomic E-state index is 9.57. The Morgan fingerprint density at radius 3 is 1.24 bits per heavy atom. The molecule has 0 unspecified atom stereocenters. The first-order valence-electron chi connectivity index (χ1n) is 5.35. The Morgan fingerprint density at radius 1 is 0.857 bits per heavy atom. The fourth-order valence-corrected chi connectivity index (χ4v) is 0.477. The number of phosphoric acid groups is 2. The second-order valence-corrected chi connectivity index (χ2v) is 6.72. The highest BCUT2D eigenvalue weighted by molar-refractivity contribution is 7.45. The second kappa shape index (κ2) is 9.98. The van der Waals surface area contributed by atoms with E-state index < -0.39 is 26.8 Å². The first-order chi connectivity index (χ1) is 8.81. The van der Waals surface area contributed by atoms with Gasteiger partial charge >= 0.3 is 15.6 Å². The van der Waals surface area contributed by atoms with E-state index in [4.69, 9.17) is 48.3 Å². The molecule has 0 aromatic heterocycles. The summed E-state index contributed by atoms with van der Waals surface area (Å²) in [5, 5.41) is 18.1. The molecule has 0 aliphatic heterocycles. The Balaban J connectivity index is -0.000000270. The molecule has 0 spiro atoms. The van der Waals surface area contributed by atoms with E-state index in [0.717, 1.165) is 0 Å². The molecule has 13 heteroatoms. The summed E-state index contributed by atoms with van der Waals surface area (Å²) >= 11 is 0. The van der Waals surface area contributed by atoms with Crippen LogP contribution in [-0.4, -0.2) is 64.0 Å². The van der Waals surface area contributed by atoms with Crippen LogP contribution in [0.1, 0.15) is 27.7 Å². The lowest BCUT2D eigenvalue weighted by Gasteiger charge is -2.36. The molecular weight excluding hydrogens is 334 g/mol. The quantitative estimate of drug-likeness (QED) is 0.277. The summed E-state index contributed by atoms with van der Waals surface area (Å²) in [6.07, 6.45) is 0. The highest BCUT2D eigenvalue weighted by Gasteiger charge is 2.35. The third-order valence-electron chi connectivity index (χ3n) is 2.03. The summed E-state index contributed by atoms with van der Waals surface area (Å²) in [4.78, 5) is 43.1. The molecule has 8 N–H and O–H groups in total. The van der Waals surface area contributed by atoms with Gasteiger partial charge in [-0.15, -0.1) is 0 Å². The van der Waals surface area contributed by atoms with Crippen LogP contribution in [0.2, 0.25) is 0 Å². The van der Waals surface area contributed by atoms with Crippen LogP contribution in [-0.2, 0) is 13.9 Å². The minimum Gasteiger partial charge on any atom is -0.394 e. The fourth-order valence-electron chi connectivity index (χ4n) is 0.477. The molecule has 0 fully saturated rings. The Hall–Kier alpha value is 0.1000. The monoisotopic (exact) mass is 358 g/mol. The van der Waals surface area contributed by atoms with E-state index in [2.05, 4.69) is 0 Å². The molecular formula is C8H24O11P2. The van der Waals surface area contributed by atoms with Crippen molar-refractivity contribution >= 4 is 15.6 Å². The lowest BCUT2D eigenvalue weighted by atomic mass is 9.89. The van der Waals surface area contributed by atoms with Crippen molar-refractivity contribution in [2.75, 3.05) is 13.2 Å². The molecule has 0 heterocycles. The van der Waals surface area contributed by atoms with Gasteiger partial charge in [-0.25, -0.2) is 9.13 Å². The summed E-state index contributed by atoms with van der Waals surface area (Å²) in [6.45, 7) is 7.20. The van der Waals surface area contributed by atoms with Crippen molar-refractivity contribution in [1.29, 1.82) is 0 Å². The van der Waals surface area contributed by atoms with Gasteiger partial charge in [-0.1, -0.05) is 0 Å². The summed E-state index contributed by atoms with van der Waals surface area (Å²) < 4.78 is 23.0. The first kappa shape index (κ1) is 26.0. The summed E-state index contributed by atoms with van der Waals surface area (Å²) in [5.41, 5.74) is -1.50. The average Bonchev–Trinajstić information content (AvgIpc) is 2.07. The predicted molar refractivity (Wildman–Crippen MR) is 71.9 cm³/mol. The van der Waals surface area contributed by atoms with E-state index in [1.165, 1.54) is 0 Å². The minimum atomic E-state index is -4.64. The molecule has 0 aliphatic rings. The number of hydrogen-bond donors (Lipinski definition) is 8. The molecule has 11 nitrogen and oxygen atoms in total. The topological polar surface area (TPSA) is 205 Å². The average molecular weight is 358 g/mol. The van der Waals surface area contributed by atoms with Crippen molar-refractivity contribution in [2.24, 2.45) is 0 Å². The third-order valence-corrected chi connectivity index (χ3v) is 2.03. The van der Waals surface area contributed by atoms with E-state index >= 15 is 0 Å².